The number of anilines is 1. The van der Waals surface area contributed by atoms with Gasteiger partial charge in [-0.05, 0) is 32.9 Å². The maximum absolute atomic E-state index is 12.0. The van der Waals surface area contributed by atoms with Crippen molar-refractivity contribution in [3.05, 3.63) is 29.8 Å². The Morgan fingerprint density at radius 3 is 2.22 bits per heavy atom. The quantitative estimate of drug-likeness (QED) is 0.665. The van der Waals surface area contributed by atoms with Crippen LogP contribution >= 0.6 is 0 Å². The van der Waals surface area contributed by atoms with Crippen molar-refractivity contribution in [1.82, 2.24) is 5.32 Å². The van der Waals surface area contributed by atoms with Crippen LogP contribution in [0.3, 0.4) is 0 Å². The number of nitrogens with one attached hydrogen (secondary N) is 3. The third-order valence-corrected chi connectivity index (χ3v) is 3.17. The molecule has 0 radical (unpaired) electrons. The molecule has 0 saturated carbocycles. The SMILES string of the molecule is CCOC(=O)NC(=O)C[NH+](CC)CC(=O)Nc1ccc(C)cc1. The summed E-state index contributed by atoms with van der Waals surface area (Å²) in [4.78, 5) is 35.6. The Labute approximate surface area is 136 Å². The second kappa shape index (κ2) is 9.58. The van der Waals surface area contributed by atoms with Crippen LogP contribution in [-0.4, -0.2) is 44.1 Å². The van der Waals surface area contributed by atoms with Crippen LogP contribution < -0.4 is 15.5 Å². The highest BCUT2D eigenvalue weighted by atomic mass is 16.5. The van der Waals surface area contributed by atoms with Crippen molar-refractivity contribution in [2.45, 2.75) is 20.8 Å². The van der Waals surface area contributed by atoms with E-state index in [0.717, 1.165) is 10.5 Å². The highest BCUT2D eigenvalue weighted by Gasteiger charge is 2.18. The largest absolute Gasteiger partial charge is 0.450 e. The zero-order valence-corrected chi connectivity index (χ0v) is 13.8. The Hall–Kier alpha value is -2.41. The molecule has 7 nitrogen and oxygen atoms in total. The van der Waals surface area contributed by atoms with E-state index in [9.17, 15) is 14.4 Å². The predicted molar refractivity (Wildman–Crippen MR) is 86.2 cm³/mol. The lowest BCUT2D eigenvalue weighted by Crippen LogP contribution is -3.14. The molecule has 0 heterocycles. The monoisotopic (exact) mass is 322 g/mol. The van der Waals surface area contributed by atoms with Crippen LogP contribution in [0.25, 0.3) is 0 Å². The fraction of sp³-hybridized carbons (Fsp3) is 0.438. The molecule has 1 aromatic rings. The van der Waals surface area contributed by atoms with Crippen LogP contribution in [0.1, 0.15) is 19.4 Å². The first-order valence-corrected chi connectivity index (χ1v) is 7.61. The van der Waals surface area contributed by atoms with Gasteiger partial charge in [0.15, 0.2) is 13.1 Å². The van der Waals surface area contributed by atoms with Gasteiger partial charge in [0.05, 0.1) is 13.2 Å². The van der Waals surface area contributed by atoms with Gasteiger partial charge in [-0.15, -0.1) is 0 Å². The van der Waals surface area contributed by atoms with Crippen molar-refractivity contribution in [3.63, 3.8) is 0 Å². The molecule has 0 aliphatic carbocycles. The topological polar surface area (TPSA) is 88.9 Å². The van der Waals surface area contributed by atoms with Gasteiger partial charge in [0.25, 0.3) is 11.8 Å². The van der Waals surface area contributed by atoms with Crippen molar-refractivity contribution in [2.24, 2.45) is 0 Å². The Bertz CT molecular complexity index is 543. The first-order valence-electron chi connectivity index (χ1n) is 7.61. The molecule has 23 heavy (non-hydrogen) atoms. The van der Waals surface area contributed by atoms with Gasteiger partial charge in [0, 0.05) is 5.69 Å². The fourth-order valence-corrected chi connectivity index (χ4v) is 1.93. The van der Waals surface area contributed by atoms with E-state index in [4.69, 9.17) is 0 Å². The number of carbonyl (C=O) groups excluding carboxylic acids is 3. The highest BCUT2D eigenvalue weighted by Crippen LogP contribution is 2.07. The van der Waals surface area contributed by atoms with Gasteiger partial charge in [-0.2, -0.15) is 0 Å². The molecule has 0 fully saturated rings. The molecule has 1 rings (SSSR count). The summed E-state index contributed by atoms with van der Waals surface area (Å²) in [5.74, 6) is -0.655. The Balaban J connectivity index is 2.45. The summed E-state index contributed by atoms with van der Waals surface area (Å²) in [7, 11) is 0. The first kappa shape index (κ1) is 18.6. The van der Waals surface area contributed by atoms with Crippen LogP contribution in [0.5, 0.6) is 0 Å². The molecule has 0 bridgehead atoms. The van der Waals surface area contributed by atoms with E-state index in [1.807, 2.05) is 38.1 Å². The molecule has 0 spiro atoms. The third-order valence-electron chi connectivity index (χ3n) is 3.17. The van der Waals surface area contributed by atoms with Crippen molar-refractivity contribution in [2.75, 3.05) is 31.6 Å². The summed E-state index contributed by atoms with van der Waals surface area (Å²) < 4.78 is 4.64. The van der Waals surface area contributed by atoms with Crippen LogP contribution in [0.4, 0.5) is 10.5 Å². The van der Waals surface area contributed by atoms with Gasteiger partial charge in [-0.3, -0.25) is 14.9 Å². The number of likely N-dealkylation sites (N-methyl/N-ethyl adjacent to an activating group) is 1. The molecule has 0 aliphatic heterocycles. The molecule has 0 aromatic heterocycles. The maximum atomic E-state index is 12.0. The van der Waals surface area contributed by atoms with Gasteiger partial charge in [0.1, 0.15) is 0 Å². The van der Waals surface area contributed by atoms with Crippen molar-refractivity contribution in [1.29, 1.82) is 0 Å². The minimum Gasteiger partial charge on any atom is -0.450 e. The number of hydrogen-bond donors (Lipinski definition) is 3. The molecule has 7 heteroatoms. The summed E-state index contributed by atoms with van der Waals surface area (Å²) in [6.45, 7) is 6.43. The molecule has 1 atom stereocenters. The minimum absolute atomic E-state index is 0.0244. The second-order valence-corrected chi connectivity index (χ2v) is 5.14. The lowest BCUT2D eigenvalue weighted by molar-refractivity contribution is -0.881. The van der Waals surface area contributed by atoms with Crippen LogP contribution in [0.15, 0.2) is 24.3 Å². The lowest BCUT2D eigenvalue weighted by Gasteiger charge is -2.16. The van der Waals surface area contributed by atoms with E-state index in [2.05, 4.69) is 15.4 Å². The van der Waals surface area contributed by atoms with Crippen molar-refractivity contribution >= 4 is 23.6 Å². The zero-order valence-electron chi connectivity index (χ0n) is 13.8. The van der Waals surface area contributed by atoms with Crippen LogP contribution in [0, 0.1) is 6.92 Å². The molecule has 1 aromatic carbocycles. The summed E-state index contributed by atoms with van der Waals surface area (Å²) in [5.41, 5.74) is 1.83. The molecular formula is C16H24N3O4+. The van der Waals surface area contributed by atoms with Gasteiger partial charge >= 0.3 is 6.09 Å². The summed E-state index contributed by atoms with van der Waals surface area (Å²) in [5, 5.41) is 4.91. The average Bonchev–Trinajstić information content (AvgIpc) is 2.49. The predicted octanol–water partition coefficient (Wildman–Crippen LogP) is 0.111. The number of quaternary nitrogens is 1. The first-order chi connectivity index (χ1) is 10.9. The molecule has 0 aliphatic rings. The molecule has 0 saturated heterocycles. The summed E-state index contributed by atoms with van der Waals surface area (Å²) in [6, 6.07) is 7.47. The number of benzene rings is 1. The standard InChI is InChI=1S/C16H23N3O4/c1-4-19(11-15(21)18-16(22)23-5-2)10-14(20)17-13-8-6-12(3)7-9-13/h6-9H,4-5,10-11H2,1-3H3,(H,17,20)(H,18,21,22)/p+1. The molecule has 1 unspecified atom stereocenters. The van der Waals surface area contributed by atoms with Crippen molar-refractivity contribution in [3.8, 4) is 0 Å². The van der Waals surface area contributed by atoms with E-state index in [1.165, 1.54) is 0 Å². The van der Waals surface area contributed by atoms with Gasteiger partial charge in [-0.1, -0.05) is 17.7 Å². The van der Waals surface area contributed by atoms with Gasteiger partial charge < -0.3 is 15.0 Å². The number of ether oxygens (including phenoxy) is 1. The summed E-state index contributed by atoms with van der Waals surface area (Å²) in [6.07, 6.45) is -0.767. The number of imide groups is 1. The Morgan fingerprint density at radius 2 is 1.65 bits per heavy atom. The smallest absolute Gasteiger partial charge is 0.414 e. The molecule has 126 valence electrons. The molecule has 3 amide bonds. The highest BCUT2D eigenvalue weighted by molar-refractivity contribution is 5.93. The van der Waals surface area contributed by atoms with Gasteiger partial charge in [-0.25, -0.2) is 4.79 Å². The van der Waals surface area contributed by atoms with E-state index in [1.54, 1.807) is 6.92 Å². The van der Waals surface area contributed by atoms with E-state index >= 15 is 0 Å². The van der Waals surface area contributed by atoms with Gasteiger partial charge in [0.2, 0.25) is 0 Å². The number of hydrogen-bond acceptors (Lipinski definition) is 4. The second-order valence-electron chi connectivity index (χ2n) is 5.14. The number of aryl methyl sites for hydroxylation is 1. The third kappa shape index (κ3) is 7.42. The Kier molecular flexibility index (Phi) is 7.76. The van der Waals surface area contributed by atoms with Crippen LogP contribution in [0.2, 0.25) is 0 Å². The normalized spacial score (nSPS) is 11.4. The number of rotatable bonds is 7. The Morgan fingerprint density at radius 1 is 1.04 bits per heavy atom. The average molecular weight is 322 g/mol. The minimum atomic E-state index is -0.767. The van der Waals surface area contributed by atoms with Crippen molar-refractivity contribution < 1.29 is 24.0 Å². The molecular weight excluding hydrogens is 298 g/mol. The maximum Gasteiger partial charge on any atom is 0.414 e. The van der Waals surface area contributed by atoms with E-state index < -0.39 is 12.0 Å². The number of amides is 3. The number of alkyl carbamates (subject to hydrolysis) is 1. The lowest BCUT2D eigenvalue weighted by atomic mass is 10.2. The molecule has 3 N–H and O–H groups in total. The van der Waals surface area contributed by atoms with Crippen LogP contribution in [-0.2, 0) is 14.3 Å². The van der Waals surface area contributed by atoms with E-state index in [-0.39, 0.29) is 25.6 Å². The fourth-order valence-electron chi connectivity index (χ4n) is 1.93. The number of carbonyl (C=O) groups is 3. The summed E-state index contributed by atoms with van der Waals surface area (Å²) >= 11 is 0. The zero-order chi connectivity index (χ0) is 17.2. The van der Waals surface area contributed by atoms with E-state index in [0.29, 0.717) is 12.2 Å².